The third-order valence-corrected chi connectivity index (χ3v) is 2.96. The summed E-state index contributed by atoms with van der Waals surface area (Å²) in [6.07, 6.45) is 0. The standard InChI is InChI=1S/C13H17ClN2O/c1-3-16(4-2)8-9-17-13-7-5-6-12(14)11(13)10-15/h5-7H,3-4,8-9H2,1-2H3. The van der Waals surface area contributed by atoms with Crippen LogP contribution in [-0.2, 0) is 0 Å². The topological polar surface area (TPSA) is 36.3 Å². The van der Waals surface area contributed by atoms with Crippen molar-refractivity contribution in [3.63, 3.8) is 0 Å². The van der Waals surface area contributed by atoms with Crippen LogP contribution in [0.15, 0.2) is 18.2 Å². The molecule has 0 fully saturated rings. The molecule has 0 N–H and O–H groups in total. The number of ether oxygens (including phenoxy) is 1. The zero-order chi connectivity index (χ0) is 12.7. The smallest absolute Gasteiger partial charge is 0.138 e. The lowest BCUT2D eigenvalue weighted by Crippen LogP contribution is -2.28. The second-order valence-electron chi connectivity index (χ2n) is 3.60. The fourth-order valence-electron chi connectivity index (χ4n) is 1.56. The number of hydrogen-bond acceptors (Lipinski definition) is 3. The predicted octanol–water partition coefficient (Wildman–Crippen LogP) is 2.93. The Balaban J connectivity index is 2.58. The molecule has 0 amide bonds. The molecule has 4 heteroatoms. The van der Waals surface area contributed by atoms with E-state index < -0.39 is 0 Å². The van der Waals surface area contributed by atoms with Crippen molar-refractivity contribution < 1.29 is 4.74 Å². The van der Waals surface area contributed by atoms with Gasteiger partial charge in [-0.1, -0.05) is 31.5 Å². The van der Waals surface area contributed by atoms with Crippen molar-refractivity contribution >= 4 is 11.6 Å². The Labute approximate surface area is 108 Å². The average molecular weight is 253 g/mol. The molecule has 0 aromatic heterocycles. The minimum absolute atomic E-state index is 0.411. The van der Waals surface area contributed by atoms with Crippen molar-refractivity contribution in [2.75, 3.05) is 26.2 Å². The lowest BCUT2D eigenvalue weighted by atomic mass is 10.2. The predicted molar refractivity (Wildman–Crippen MR) is 69.5 cm³/mol. The highest BCUT2D eigenvalue weighted by molar-refractivity contribution is 6.31. The summed E-state index contributed by atoms with van der Waals surface area (Å²) >= 11 is 5.91. The molecule has 0 aliphatic rings. The molecular weight excluding hydrogens is 236 g/mol. The van der Waals surface area contributed by atoms with Gasteiger partial charge in [-0.05, 0) is 25.2 Å². The Hall–Kier alpha value is -1.24. The number of nitriles is 1. The molecule has 0 saturated heterocycles. The van der Waals surface area contributed by atoms with Gasteiger partial charge in [0, 0.05) is 6.54 Å². The molecule has 1 rings (SSSR count). The van der Waals surface area contributed by atoms with Gasteiger partial charge >= 0.3 is 0 Å². The van der Waals surface area contributed by atoms with Crippen molar-refractivity contribution in [1.29, 1.82) is 5.26 Å². The van der Waals surface area contributed by atoms with Crippen molar-refractivity contribution in [2.24, 2.45) is 0 Å². The average Bonchev–Trinajstić information content (AvgIpc) is 2.35. The van der Waals surface area contributed by atoms with E-state index in [-0.39, 0.29) is 0 Å². The molecule has 0 unspecified atom stereocenters. The molecule has 1 aromatic carbocycles. The zero-order valence-electron chi connectivity index (χ0n) is 10.2. The highest BCUT2D eigenvalue weighted by Gasteiger charge is 2.07. The van der Waals surface area contributed by atoms with E-state index in [4.69, 9.17) is 21.6 Å². The fourth-order valence-corrected chi connectivity index (χ4v) is 1.77. The summed E-state index contributed by atoms with van der Waals surface area (Å²) in [5.74, 6) is 0.562. The maximum atomic E-state index is 8.98. The van der Waals surface area contributed by atoms with Gasteiger partial charge in [0.05, 0.1) is 5.02 Å². The maximum Gasteiger partial charge on any atom is 0.138 e. The number of likely N-dealkylation sites (N-methyl/N-ethyl adjacent to an activating group) is 1. The van der Waals surface area contributed by atoms with Gasteiger partial charge in [-0.15, -0.1) is 0 Å². The Morgan fingerprint density at radius 2 is 2.06 bits per heavy atom. The monoisotopic (exact) mass is 252 g/mol. The van der Waals surface area contributed by atoms with Gasteiger partial charge in [-0.3, -0.25) is 0 Å². The second kappa shape index (κ2) is 7.16. The van der Waals surface area contributed by atoms with E-state index >= 15 is 0 Å². The van der Waals surface area contributed by atoms with Crippen LogP contribution in [0.5, 0.6) is 5.75 Å². The molecular formula is C13H17ClN2O. The van der Waals surface area contributed by atoms with Gasteiger partial charge in [-0.2, -0.15) is 5.26 Å². The van der Waals surface area contributed by atoms with E-state index in [0.717, 1.165) is 19.6 Å². The van der Waals surface area contributed by atoms with Crippen LogP contribution < -0.4 is 4.74 Å². The van der Waals surface area contributed by atoms with E-state index in [0.29, 0.717) is 22.9 Å². The first-order chi connectivity index (χ1) is 8.22. The first-order valence-electron chi connectivity index (χ1n) is 5.76. The van der Waals surface area contributed by atoms with Crippen LogP contribution >= 0.6 is 11.6 Å². The Morgan fingerprint density at radius 1 is 1.35 bits per heavy atom. The maximum absolute atomic E-state index is 8.98. The van der Waals surface area contributed by atoms with Crippen molar-refractivity contribution in [3.05, 3.63) is 28.8 Å². The molecule has 0 aliphatic carbocycles. The summed E-state index contributed by atoms with van der Waals surface area (Å²) in [7, 11) is 0. The summed E-state index contributed by atoms with van der Waals surface area (Å²) in [6, 6.07) is 7.31. The highest BCUT2D eigenvalue weighted by Crippen LogP contribution is 2.25. The largest absolute Gasteiger partial charge is 0.491 e. The van der Waals surface area contributed by atoms with Crippen LogP contribution in [0.2, 0.25) is 5.02 Å². The van der Waals surface area contributed by atoms with E-state index in [2.05, 4.69) is 24.8 Å². The summed E-state index contributed by atoms with van der Waals surface area (Å²) < 4.78 is 5.59. The summed E-state index contributed by atoms with van der Waals surface area (Å²) in [6.45, 7) is 7.65. The molecule has 0 radical (unpaired) electrons. The molecule has 17 heavy (non-hydrogen) atoms. The SMILES string of the molecule is CCN(CC)CCOc1cccc(Cl)c1C#N. The van der Waals surface area contributed by atoms with E-state index in [1.165, 1.54) is 0 Å². The first kappa shape index (κ1) is 13.8. The molecule has 0 atom stereocenters. The van der Waals surface area contributed by atoms with Crippen LogP contribution in [-0.4, -0.2) is 31.1 Å². The third-order valence-electron chi connectivity index (χ3n) is 2.65. The molecule has 0 aliphatic heterocycles. The van der Waals surface area contributed by atoms with E-state index in [9.17, 15) is 0 Å². The number of rotatable bonds is 6. The summed E-state index contributed by atoms with van der Waals surface area (Å²) in [4.78, 5) is 2.26. The third kappa shape index (κ3) is 3.92. The quantitative estimate of drug-likeness (QED) is 0.781. The Morgan fingerprint density at radius 3 is 2.65 bits per heavy atom. The summed E-state index contributed by atoms with van der Waals surface area (Å²) in [5.41, 5.74) is 0.411. The van der Waals surface area contributed by atoms with Crippen molar-refractivity contribution in [2.45, 2.75) is 13.8 Å². The molecule has 0 heterocycles. The van der Waals surface area contributed by atoms with Crippen LogP contribution in [0.4, 0.5) is 0 Å². The van der Waals surface area contributed by atoms with E-state index in [1.807, 2.05) is 0 Å². The van der Waals surface area contributed by atoms with E-state index in [1.54, 1.807) is 18.2 Å². The minimum Gasteiger partial charge on any atom is -0.491 e. The van der Waals surface area contributed by atoms with Crippen molar-refractivity contribution in [1.82, 2.24) is 4.90 Å². The minimum atomic E-state index is 0.411. The normalized spacial score (nSPS) is 10.3. The molecule has 92 valence electrons. The number of halogens is 1. The van der Waals surface area contributed by atoms with Crippen LogP contribution in [0.3, 0.4) is 0 Å². The molecule has 0 bridgehead atoms. The molecule has 1 aromatic rings. The Kier molecular flexibility index (Phi) is 5.82. The van der Waals surface area contributed by atoms with Gasteiger partial charge in [0.2, 0.25) is 0 Å². The lowest BCUT2D eigenvalue weighted by molar-refractivity contribution is 0.222. The molecule has 0 saturated carbocycles. The zero-order valence-corrected chi connectivity index (χ0v) is 11.0. The lowest BCUT2D eigenvalue weighted by Gasteiger charge is -2.18. The van der Waals surface area contributed by atoms with Crippen LogP contribution in [0, 0.1) is 11.3 Å². The van der Waals surface area contributed by atoms with Gasteiger partial charge in [0.25, 0.3) is 0 Å². The molecule has 3 nitrogen and oxygen atoms in total. The van der Waals surface area contributed by atoms with Crippen LogP contribution in [0.25, 0.3) is 0 Å². The summed E-state index contributed by atoms with van der Waals surface area (Å²) in [5, 5.41) is 9.41. The number of nitrogens with zero attached hydrogens (tertiary/aromatic N) is 2. The number of benzene rings is 1. The van der Waals surface area contributed by atoms with Crippen LogP contribution in [0.1, 0.15) is 19.4 Å². The number of hydrogen-bond donors (Lipinski definition) is 0. The second-order valence-corrected chi connectivity index (χ2v) is 4.01. The highest BCUT2D eigenvalue weighted by atomic mass is 35.5. The van der Waals surface area contributed by atoms with Gasteiger partial charge in [-0.25, -0.2) is 0 Å². The Bertz CT molecular complexity index is 397. The fraction of sp³-hybridized carbons (Fsp3) is 0.462. The van der Waals surface area contributed by atoms with Gasteiger partial charge in [0.15, 0.2) is 0 Å². The van der Waals surface area contributed by atoms with Gasteiger partial charge in [0.1, 0.15) is 24.0 Å². The van der Waals surface area contributed by atoms with Crippen molar-refractivity contribution in [3.8, 4) is 11.8 Å². The first-order valence-corrected chi connectivity index (χ1v) is 6.14. The van der Waals surface area contributed by atoms with Gasteiger partial charge < -0.3 is 9.64 Å². The molecule has 0 spiro atoms.